The molecule has 0 heterocycles. The van der Waals surface area contributed by atoms with Crippen molar-refractivity contribution in [3.8, 4) is 0 Å². The first-order valence-corrected chi connectivity index (χ1v) is 7.71. The van der Waals surface area contributed by atoms with Gasteiger partial charge in [0.05, 0.1) is 0 Å². The number of nitrogens with one attached hydrogen (secondary N) is 2. The smallest absolute Gasteiger partial charge is 0.170 e. The Hall–Kier alpha value is -1.87. The summed E-state index contributed by atoms with van der Waals surface area (Å²) in [6, 6.07) is 16.9. The monoisotopic (exact) mass is 298 g/mol. The van der Waals surface area contributed by atoms with Gasteiger partial charge in [0.25, 0.3) is 0 Å². The van der Waals surface area contributed by atoms with E-state index < -0.39 is 0 Å². The van der Waals surface area contributed by atoms with E-state index in [4.69, 9.17) is 12.2 Å². The van der Waals surface area contributed by atoms with Gasteiger partial charge in [-0.05, 0) is 62.2 Å². The quantitative estimate of drug-likeness (QED) is 0.638. The van der Waals surface area contributed by atoms with Gasteiger partial charge >= 0.3 is 0 Å². The molecule has 110 valence electrons. The van der Waals surface area contributed by atoms with E-state index in [0.717, 1.165) is 25.1 Å². The Labute approximate surface area is 132 Å². The molecule has 2 rings (SSSR count). The second kappa shape index (κ2) is 7.79. The highest BCUT2D eigenvalue weighted by atomic mass is 32.1. The molecule has 0 aromatic heterocycles. The predicted octanol–water partition coefficient (Wildman–Crippen LogP) is 4.22. The average Bonchev–Trinajstić information content (AvgIpc) is 2.44. The fourth-order valence-electron chi connectivity index (χ4n) is 2.26. The number of thiocarbonyl (C=S) groups is 1. The van der Waals surface area contributed by atoms with Gasteiger partial charge in [-0.2, -0.15) is 0 Å². The van der Waals surface area contributed by atoms with Gasteiger partial charge in [-0.1, -0.05) is 42.0 Å². The minimum absolute atomic E-state index is 0.685. The molecule has 2 aromatic rings. The number of hydrogen-bond acceptors (Lipinski definition) is 1. The lowest BCUT2D eigenvalue weighted by atomic mass is 10.1. The third kappa shape index (κ3) is 5.56. The van der Waals surface area contributed by atoms with Crippen molar-refractivity contribution < 1.29 is 0 Å². The molecular weight excluding hydrogens is 276 g/mol. The van der Waals surface area contributed by atoms with Crippen LogP contribution in [0.25, 0.3) is 0 Å². The number of anilines is 1. The van der Waals surface area contributed by atoms with E-state index in [1.165, 1.54) is 16.7 Å². The van der Waals surface area contributed by atoms with Crippen LogP contribution in [-0.2, 0) is 6.42 Å². The Morgan fingerprint density at radius 1 is 1.00 bits per heavy atom. The van der Waals surface area contributed by atoms with Gasteiger partial charge in [-0.3, -0.25) is 0 Å². The highest BCUT2D eigenvalue weighted by molar-refractivity contribution is 7.80. The summed E-state index contributed by atoms with van der Waals surface area (Å²) in [6.07, 6.45) is 2.14. The summed E-state index contributed by atoms with van der Waals surface area (Å²) in [7, 11) is 0. The van der Waals surface area contributed by atoms with Crippen molar-refractivity contribution >= 4 is 23.0 Å². The third-order valence-corrected chi connectivity index (χ3v) is 3.53. The molecule has 0 aliphatic carbocycles. The van der Waals surface area contributed by atoms with Crippen LogP contribution in [-0.4, -0.2) is 11.7 Å². The second-order valence-electron chi connectivity index (χ2n) is 5.34. The van der Waals surface area contributed by atoms with Gasteiger partial charge in [0.1, 0.15) is 0 Å². The lowest BCUT2D eigenvalue weighted by molar-refractivity contribution is 0.777. The van der Waals surface area contributed by atoms with E-state index in [1.807, 2.05) is 12.1 Å². The van der Waals surface area contributed by atoms with E-state index in [2.05, 4.69) is 60.9 Å². The van der Waals surface area contributed by atoms with Gasteiger partial charge in [0, 0.05) is 12.2 Å². The van der Waals surface area contributed by atoms with Gasteiger partial charge in [0.15, 0.2) is 5.11 Å². The van der Waals surface area contributed by atoms with Crippen LogP contribution in [0, 0.1) is 13.8 Å². The van der Waals surface area contributed by atoms with Gasteiger partial charge in [-0.15, -0.1) is 0 Å². The zero-order valence-corrected chi connectivity index (χ0v) is 13.5. The Kier molecular flexibility index (Phi) is 5.76. The maximum atomic E-state index is 5.31. The average molecular weight is 298 g/mol. The maximum absolute atomic E-state index is 5.31. The predicted molar refractivity (Wildman–Crippen MR) is 94.9 cm³/mol. The van der Waals surface area contributed by atoms with E-state index >= 15 is 0 Å². The van der Waals surface area contributed by atoms with Gasteiger partial charge < -0.3 is 10.6 Å². The van der Waals surface area contributed by atoms with Crippen molar-refractivity contribution in [1.29, 1.82) is 0 Å². The summed E-state index contributed by atoms with van der Waals surface area (Å²) in [5, 5.41) is 7.15. The fraction of sp³-hybridized carbons (Fsp3) is 0.278. The van der Waals surface area contributed by atoms with Crippen LogP contribution >= 0.6 is 12.2 Å². The molecule has 0 radical (unpaired) electrons. The number of benzene rings is 2. The summed E-state index contributed by atoms with van der Waals surface area (Å²) in [5.41, 5.74) is 4.96. The summed E-state index contributed by atoms with van der Waals surface area (Å²) < 4.78 is 0. The lowest BCUT2D eigenvalue weighted by Crippen LogP contribution is -2.29. The van der Waals surface area contributed by atoms with Crippen LogP contribution in [0.5, 0.6) is 0 Å². The Bertz CT molecular complexity index is 608. The minimum atomic E-state index is 0.685. The van der Waals surface area contributed by atoms with Crippen molar-refractivity contribution in [2.24, 2.45) is 0 Å². The molecule has 0 aliphatic heterocycles. The molecule has 21 heavy (non-hydrogen) atoms. The zero-order chi connectivity index (χ0) is 15.1. The second-order valence-corrected chi connectivity index (χ2v) is 5.75. The third-order valence-electron chi connectivity index (χ3n) is 3.29. The van der Waals surface area contributed by atoms with Crippen molar-refractivity contribution in [2.75, 3.05) is 11.9 Å². The Morgan fingerprint density at radius 3 is 2.43 bits per heavy atom. The summed E-state index contributed by atoms with van der Waals surface area (Å²) >= 11 is 5.31. The van der Waals surface area contributed by atoms with Crippen LogP contribution in [0.2, 0.25) is 0 Å². The first-order valence-electron chi connectivity index (χ1n) is 7.30. The standard InChI is InChI=1S/C18H22N2S/c1-14-6-3-8-16(12-14)9-5-11-19-18(21)20-17-10-4-7-15(2)13-17/h3-4,6-8,10,12-13H,5,9,11H2,1-2H3,(H2,19,20,21). The minimum Gasteiger partial charge on any atom is -0.362 e. The maximum Gasteiger partial charge on any atom is 0.170 e. The topological polar surface area (TPSA) is 24.1 Å². The van der Waals surface area contributed by atoms with E-state index in [9.17, 15) is 0 Å². The fourth-order valence-corrected chi connectivity index (χ4v) is 2.48. The van der Waals surface area contributed by atoms with Gasteiger partial charge in [0.2, 0.25) is 0 Å². The van der Waals surface area contributed by atoms with Crippen LogP contribution in [0.4, 0.5) is 5.69 Å². The number of rotatable bonds is 5. The molecule has 0 aliphatic rings. The molecule has 2 aromatic carbocycles. The highest BCUT2D eigenvalue weighted by Crippen LogP contribution is 2.09. The molecule has 2 N–H and O–H groups in total. The molecule has 2 nitrogen and oxygen atoms in total. The highest BCUT2D eigenvalue weighted by Gasteiger charge is 1.98. The summed E-state index contributed by atoms with van der Waals surface area (Å²) in [4.78, 5) is 0. The largest absolute Gasteiger partial charge is 0.362 e. The first-order chi connectivity index (χ1) is 10.1. The lowest BCUT2D eigenvalue weighted by Gasteiger charge is -2.11. The first kappa shape index (κ1) is 15.5. The van der Waals surface area contributed by atoms with E-state index in [-0.39, 0.29) is 0 Å². The SMILES string of the molecule is Cc1cccc(CCCNC(=S)Nc2cccc(C)c2)c1. The summed E-state index contributed by atoms with van der Waals surface area (Å²) in [6.45, 7) is 5.08. The number of hydrogen-bond donors (Lipinski definition) is 2. The van der Waals surface area contributed by atoms with Crippen LogP contribution < -0.4 is 10.6 Å². The van der Waals surface area contributed by atoms with E-state index in [1.54, 1.807) is 0 Å². The molecule has 0 saturated carbocycles. The zero-order valence-electron chi connectivity index (χ0n) is 12.6. The molecule has 0 fully saturated rings. The molecule has 0 spiro atoms. The Balaban J connectivity index is 1.70. The van der Waals surface area contributed by atoms with Crippen molar-refractivity contribution in [3.63, 3.8) is 0 Å². The van der Waals surface area contributed by atoms with E-state index in [0.29, 0.717) is 5.11 Å². The molecule has 3 heteroatoms. The van der Waals surface area contributed by atoms with Crippen molar-refractivity contribution in [1.82, 2.24) is 5.32 Å². The normalized spacial score (nSPS) is 10.2. The summed E-state index contributed by atoms with van der Waals surface area (Å²) in [5.74, 6) is 0. The Morgan fingerprint density at radius 2 is 1.71 bits per heavy atom. The molecule has 0 saturated heterocycles. The van der Waals surface area contributed by atoms with Crippen molar-refractivity contribution in [3.05, 3.63) is 65.2 Å². The molecule has 0 atom stereocenters. The van der Waals surface area contributed by atoms with Crippen molar-refractivity contribution in [2.45, 2.75) is 26.7 Å². The molecule has 0 unspecified atom stereocenters. The molecule has 0 bridgehead atoms. The number of aryl methyl sites for hydroxylation is 3. The molecule has 0 amide bonds. The molecular formula is C18H22N2S. The van der Waals surface area contributed by atoms with Crippen LogP contribution in [0.3, 0.4) is 0 Å². The van der Waals surface area contributed by atoms with Crippen LogP contribution in [0.1, 0.15) is 23.1 Å². The van der Waals surface area contributed by atoms with Crippen LogP contribution in [0.15, 0.2) is 48.5 Å². The van der Waals surface area contributed by atoms with Gasteiger partial charge in [-0.25, -0.2) is 0 Å².